The molecule has 3 heterocycles. The zero-order chi connectivity index (χ0) is 19.3. The molecule has 1 aliphatic heterocycles. The third kappa shape index (κ3) is 3.98. The topological polar surface area (TPSA) is 67.0 Å². The molecule has 28 heavy (non-hydrogen) atoms. The minimum Gasteiger partial charge on any atom is -0.485 e. The lowest BCUT2D eigenvalue weighted by Gasteiger charge is -2.12. The van der Waals surface area contributed by atoms with Gasteiger partial charge in [0, 0.05) is 19.2 Å². The predicted octanol–water partition coefficient (Wildman–Crippen LogP) is 1.92. The number of hydrogen-bond acceptors (Lipinski definition) is 5. The van der Waals surface area contributed by atoms with Crippen LogP contribution in [0.5, 0.6) is 5.75 Å². The van der Waals surface area contributed by atoms with E-state index in [0.717, 1.165) is 48.1 Å². The molecule has 2 N–H and O–H groups in total. The molecule has 144 valence electrons. The Morgan fingerprint density at radius 1 is 1.29 bits per heavy atom. The summed E-state index contributed by atoms with van der Waals surface area (Å²) in [6.07, 6.45) is 4.96. The van der Waals surface area contributed by atoms with Crippen molar-refractivity contribution in [1.29, 1.82) is 0 Å². The second-order valence-electron chi connectivity index (χ2n) is 6.81. The number of aliphatic imine (C=N–C) groups is 1. The lowest BCUT2D eigenvalue weighted by molar-refractivity contribution is -0.518. The monoisotopic (exact) mass is 377 g/mol. The molecule has 0 saturated carbocycles. The summed E-state index contributed by atoms with van der Waals surface area (Å²) in [4.78, 5) is 4.31. The molecule has 0 fully saturated rings. The standard InChI is InChI=1S/C21H25N6O/c1-16-5-3-6-20-26(2)18(14-27(16)20)15-28-19-9-7-17(8-10-19)13-24-25-21-22-11-4-12-23-21/h3,5-10,13-14H,4,11-12,15H2,1-2H3,(H2,22,23,25)/q+1/b24-13+. The Morgan fingerprint density at radius 2 is 2.14 bits per heavy atom. The molecule has 0 atom stereocenters. The van der Waals surface area contributed by atoms with E-state index >= 15 is 0 Å². The van der Waals surface area contributed by atoms with E-state index in [9.17, 15) is 0 Å². The number of aryl methyl sites for hydroxylation is 2. The zero-order valence-corrected chi connectivity index (χ0v) is 16.2. The Morgan fingerprint density at radius 3 is 2.89 bits per heavy atom. The Balaban J connectivity index is 1.36. The van der Waals surface area contributed by atoms with Gasteiger partial charge in [-0.25, -0.2) is 9.99 Å². The number of imidazole rings is 1. The van der Waals surface area contributed by atoms with Crippen LogP contribution in [-0.4, -0.2) is 29.8 Å². The molecule has 4 rings (SSSR count). The number of aromatic nitrogens is 2. The number of guanidine groups is 1. The van der Waals surface area contributed by atoms with Crippen molar-refractivity contribution >= 4 is 17.8 Å². The summed E-state index contributed by atoms with van der Waals surface area (Å²) < 4.78 is 10.3. The second kappa shape index (κ2) is 8.12. The van der Waals surface area contributed by atoms with E-state index in [0.29, 0.717) is 6.61 Å². The maximum Gasteiger partial charge on any atom is 0.286 e. The average molecular weight is 377 g/mol. The first-order valence-electron chi connectivity index (χ1n) is 9.46. The van der Waals surface area contributed by atoms with Crippen molar-refractivity contribution in [2.45, 2.75) is 20.0 Å². The Hall–Kier alpha value is -3.35. The average Bonchev–Trinajstić information content (AvgIpc) is 3.05. The van der Waals surface area contributed by atoms with Gasteiger partial charge in [-0.1, -0.05) is 6.07 Å². The summed E-state index contributed by atoms with van der Waals surface area (Å²) in [5, 5.41) is 7.38. The highest BCUT2D eigenvalue weighted by atomic mass is 16.5. The van der Waals surface area contributed by atoms with Crippen molar-refractivity contribution in [3.8, 4) is 5.75 Å². The van der Waals surface area contributed by atoms with E-state index in [4.69, 9.17) is 4.74 Å². The van der Waals surface area contributed by atoms with E-state index in [2.05, 4.69) is 68.2 Å². The molecule has 7 nitrogen and oxygen atoms in total. The van der Waals surface area contributed by atoms with Gasteiger partial charge in [-0.3, -0.25) is 4.99 Å². The zero-order valence-electron chi connectivity index (χ0n) is 16.2. The van der Waals surface area contributed by atoms with Gasteiger partial charge in [0.1, 0.15) is 17.6 Å². The Labute approximate surface area is 164 Å². The molecule has 0 radical (unpaired) electrons. The van der Waals surface area contributed by atoms with Gasteiger partial charge < -0.3 is 10.1 Å². The highest BCUT2D eigenvalue weighted by Gasteiger charge is 2.15. The van der Waals surface area contributed by atoms with E-state index in [1.54, 1.807) is 6.21 Å². The van der Waals surface area contributed by atoms with E-state index in [-0.39, 0.29) is 0 Å². The first-order valence-corrected chi connectivity index (χ1v) is 9.46. The first kappa shape index (κ1) is 18.0. The first-order chi connectivity index (χ1) is 13.7. The van der Waals surface area contributed by atoms with Crippen molar-refractivity contribution in [1.82, 2.24) is 15.3 Å². The van der Waals surface area contributed by atoms with Gasteiger partial charge in [-0.15, -0.1) is 0 Å². The fraction of sp³-hybridized carbons (Fsp3) is 0.286. The van der Waals surface area contributed by atoms with Gasteiger partial charge >= 0.3 is 0 Å². The van der Waals surface area contributed by atoms with Gasteiger partial charge in [0.15, 0.2) is 12.3 Å². The maximum atomic E-state index is 5.97. The van der Waals surface area contributed by atoms with Crippen LogP contribution in [-0.2, 0) is 13.7 Å². The van der Waals surface area contributed by atoms with Gasteiger partial charge in [-0.05, 0) is 49.2 Å². The number of nitrogens with zero attached hydrogens (tertiary/aromatic N) is 4. The highest BCUT2D eigenvalue weighted by molar-refractivity contribution is 5.84. The molecule has 0 amide bonds. The van der Waals surface area contributed by atoms with Gasteiger partial charge in [0.25, 0.3) is 5.65 Å². The quantitative estimate of drug-likeness (QED) is 0.406. The van der Waals surface area contributed by atoms with Crippen molar-refractivity contribution in [2.24, 2.45) is 17.1 Å². The van der Waals surface area contributed by atoms with E-state index in [1.165, 1.54) is 5.69 Å². The fourth-order valence-corrected chi connectivity index (χ4v) is 3.16. The number of ether oxygens (including phenoxy) is 1. The molecule has 3 aromatic rings. The summed E-state index contributed by atoms with van der Waals surface area (Å²) >= 11 is 0. The molecule has 0 bridgehead atoms. The number of hydrazone groups is 1. The maximum absolute atomic E-state index is 5.97. The van der Waals surface area contributed by atoms with Crippen molar-refractivity contribution in [3.05, 3.63) is 65.6 Å². The highest BCUT2D eigenvalue weighted by Crippen LogP contribution is 2.14. The largest absolute Gasteiger partial charge is 0.485 e. The summed E-state index contributed by atoms with van der Waals surface area (Å²) in [5.74, 6) is 1.56. The Bertz CT molecular complexity index is 1020. The number of fused-ring (bicyclic) bond motifs is 1. The summed E-state index contributed by atoms with van der Waals surface area (Å²) in [5.41, 5.74) is 7.38. The van der Waals surface area contributed by atoms with Crippen LogP contribution in [0, 0.1) is 6.92 Å². The van der Waals surface area contributed by atoms with E-state index < -0.39 is 0 Å². The third-order valence-electron chi connectivity index (χ3n) is 4.81. The van der Waals surface area contributed by atoms with Crippen LogP contribution in [0.4, 0.5) is 0 Å². The van der Waals surface area contributed by atoms with Gasteiger partial charge in [0.05, 0.1) is 13.3 Å². The molecule has 1 aliphatic rings. The fourth-order valence-electron chi connectivity index (χ4n) is 3.16. The van der Waals surface area contributed by atoms with Gasteiger partial charge in [0.2, 0.25) is 5.96 Å². The second-order valence-corrected chi connectivity index (χ2v) is 6.81. The molecule has 0 unspecified atom stereocenters. The van der Waals surface area contributed by atoms with Crippen molar-refractivity contribution < 1.29 is 9.14 Å². The van der Waals surface area contributed by atoms with Crippen molar-refractivity contribution in [2.75, 3.05) is 13.1 Å². The minimum atomic E-state index is 0.512. The lowest BCUT2D eigenvalue weighted by atomic mass is 10.2. The van der Waals surface area contributed by atoms with Crippen LogP contribution < -0.4 is 19.9 Å². The molecular weight excluding hydrogens is 352 g/mol. The summed E-state index contributed by atoms with van der Waals surface area (Å²) in [7, 11) is 2.06. The summed E-state index contributed by atoms with van der Waals surface area (Å²) in [6.45, 7) is 4.38. The molecular formula is C21H25N6O+. The third-order valence-corrected chi connectivity index (χ3v) is 4.81. The van der Waals surface area contributed by atoms with Crippen LogP contribution in [0.3, 0.4) is 0 Å². The van der Waals surface area contributed by atoms with Crippen LogP contribution >= 0.6 is 0 Å². The number of rotatable bonds is 5. The van der Waals surface area contributed by atoms with E-state index in [1.807, 2.05) is 24.3 Å². The number of nitrogens with one attached hydrogen (secondary N) is 2. The normalized spacial score (nSPS) is 14.1. The molecule has 0 spiro atoms. The van der Waals surface area contributed by atoms with Crippen LogP contribution in [0.25, 0.3) is 5.65 Å². The predicted molar refractivity (Wildman–Crippen MR) is 110 cm³/mol. The molecule has 0 saturated heterocycles. The number of pyridine rings is 1. The van der Waals surface area contributed by atoms with Crippen LogP contribution in [0.2, 0.25) is 0 Å². The molecule has 0 aliphatic carbocycles. The molecule has 2 aromatic heterocycles. The smallest absolute Gasteiger partial charge is 0.286 e. The lowest BCUT2D eigenvalue weighted by Crippen LogP contribution is -2.38. The number of benzene rings is 1. The van der Waals surface area contributed by atoms with Crippen LogP contribution in [0.1, 0.15) is 23.4 Å². The molecule has 1 aromatic carbocycles. The molecule has 7 heteroatoms. The van der Waals surface area contributed by atoms with Crippen molar-refractivity contribution in [3.63, 3.8) is 0 Å². The Kier molecular flexibility index (Phi) is 5.23. The van der Waals surface area contributed by atoms with Gasteiger partial charge in [-0.2, -0.15) is 9.50 Å². The minimum absolute atomic E-state index is 0.512. The van der Waals surface area contributed by atoms with Crippen LogP contribution in [0.15, 0.2) is 58.8 Å². The SMILES string of the molecule is Cc1cccc2n(C)c(COc3ccc(/C=N/NC4=NCCCN4)cc3)c[n+]12. The summed E-state index contributed by atoms with van der Waals surface area (Å²) in [6, 6.07) is 14.2. The number of hydrogen-bond donors (Lipinski definition) is 2.